The zero-order valence-electron chi connectivity index (χ0n) is 10.4. The topological polar surface area (TPSA) is 88.0 Å². The van der Waals surface area contributed by atoms with Gasteiger partial charge in [-0.05, 0) is 32.6 Å². The van der Waals surface area contributed by atoms with E-state index in [9.17, 15) is 14.7 Å². The minimum absolute atomic E-state index is 0.118. The van der Waals surface area contributed by atoms with E-state index in [1.54, 1.807) is 0 Å². The highest BCUT2D eigenvalue weighted by atomic mass is 32.1. The first kappa shape index (κ1) is 12.2. The molecule has 2 N–H and O–H groups in total. The molecule has 0 spiro atoms. The molecular weight excluding hydrogens is 266 g/mol. The average Bonchev–Trinajstić information content (AvgIpc) is 2.79. The Labute approximate surface area is 112 Å². The number of H-pyrrole nitrogens is 1. The van der Waals surface area contributed by atoms with Crippen molar-refractivity contribution < 1.29 is 5.11 Å². The molecule has 0 aromatic carbocycles. The van der Waals surface area contributed by atoms with Crippen molar-refractivity contribution in [3.05, 3.63) is 37.0 Å². The largest absolute Gasteiger partial charge is 0.494 e. The van der Waals surface area contributed by atoms with E-state index >= 15 is 0 Å². The first-order valence-electron chi connectivity index (χ1n) is 6.12. The van der Waals surface area contributed by atoms with Crippen molar-refractivity contribution in [2.24, 2.45) is 0 Å². The zero-order valence-corrected chi connectivity index (χ0v) is 11.2. The number of nitrogens with zero attached hydrogens (tertiary/aromatic N) is 2. The third kappa shape index (κ3) is 1.90. The van der Waals surface area contributed by atoms with Crippen LogP contribution in [0.5, 0.6) is 5.88 Å². The second-order valence-electron chi connectivity index (χ2n) is 4.62. The van der Waals surface area contributed by atoms with E-state index in [4.69, 9.17) is 0 Å². The van der Waals surface area contributed by atoms with Crippen LogP contribution in [-0.4, -0.2) is 19.6 Å². The summed E-state index contributed by atoms with van der Waals surface area (Å²) in [7, 11) is 0. The maximum absolute atomic E-state index is 11.8. The maximum Gasteiger partial charge on any atom is 0.337 e. The number of aryl methyl sites for hydroxylation is 2. The smallest absolute Gasteiger partial charge is 0.337 e. The van der Waals surface area contributed by atoms with Crippen LogP contribution in [0.2, 0.25) is 0 Å². The molecule has 0 saturated carbocycles. The Morgan fingerprint density at radius 3 is 2.79 bits per heavy atom. The number of aromatic amines is 1. The van der Waals surface area contributed by atoms with Crippen LogP contribution in [0.3, 0.4) is 0 Å². The van der Waals surface area contributed by atoms with Gasteiger partial charge in [0.25, 0.3) is 5.56 Å². The molecule has 1 aliphatic carbocycles. The second-order valence-corrected chi connectivity index (χ2v) is 5.68. The van der Waals surface area contributed by atoms with E-state index in [0.29, 0.717) is 5.13 Å². The molecule has 2 heterocycles. The van der Waals surface area contributed by atoms with E-state index < -0.39 is 11.2 Å². The number of fused-ring (bicyclic) bond motifs is 1. The van der Waals surface area contributed by atoms with Gasteiger partial charge < -0.3 is 5.11 Å². The predicted octanol–water partition coefficient (Wildman–Crippen LogP) is 0.875. The fourth-order valence-electron chi connectivity index (χ4n) is 2.22. The fourth-order valence-corrected chi connectivity index (χ4v) is 3.37. The number of aromatic hydroxyl groups is 1. The third-order valence-electron chi connectivity index (χ3n) is 3.34. The molecule has 0 amide bonds. The normalized spacial score (nSPS) is 14.4. The molecule has 2 aromatic rings. The van der Waals surface area contributed by atoms with Crippen molar-refractivity contribution in [3.63, 3.8) is 0 Å². The van der Waals surface area contributed by atoms with Gasteiger partial charge >= 0.3 is 5.69 Å². The summed E-state index contributed by atoms with van der Waals surface area (Å²) >= 11 is 1.40. The lowest BCUT2D eigenvalue weighted by Crippen LogP contribution is -2.30. The first-order chi connectivity index (χ1) is 9.08. The Morgan fingerprint density at radius 2 is 2.05 bits per heavy atom. The van der Waals surface area contributed by atoms with Gasteiger partial charge in [-0.1, -0.05) is 0 Å². The van der Waals surface area contributed by atoms with Crippen LogP contribution in [0.4, 0.5) is 0 Å². The number of rotatable bonds is 1. The molecule has 7 heteroatoms. The summed E-state index contributed by atoms with van der Waals surface area (Å²) in [6.07, 6.45) is 4.09. The molecule has 0 bridgehead atoms. The van der Waals surface area contributed by atoms with Gasteiger partial charge in [-0.15, -0.1) is 11.3 Å². The summed E-state index contributed by atoms with van der Waals surface area (Å²) in [5.41, 5.74) is -0.103. The van der Waals surface area contributed by atoms with E-state index in [1.165, 1.54) is 18.3 Å². The van der Waals surface area contributed by atoms with Crippen LogP contribution in [0.25, 0.3) is 5.13 Å². The van der Waals surface area contributed by atoms with Crippen LogP contribution < -0.4 is 11.2 Å². The van der Waals surface area contributed by atoms with E-state index in [1.807, 2.05) is 0 Å². The summed E-state index contributed by atoms with van der Waals surface area (Å²) in [5, 5.41) is 10.4. The highest BCUT2D eigenvalue weighted by Gasteiger charge is 2.19. The number of hydrogen-bond acceptors (Lipinski definition) is 5. The van der Waals surface area contributed by atoms with Gasteiger partial charge in [-0.25, -0.2) is 14.3 Å². The molecule has 0 saturated heterocycles. The van der Waals surface area contributed by atoms with Gasteiger partial charge in [0.05, 0.1) is 11.3 Å². The van der Waals surface area contributed by atoms with E-state index in [0.717, 1.165) is 40.8 Å². The van der Waals surface area contributed by atoms with Crippen LogP contribution in [0, 0.1) is 6.92 Å². The minimum atomic E-state index is -0.654. The van der Waals surface area contributed by atoms with Crippen molar-refractivity contribution in [3.8, 4) is 11.0 Å². The number of hydrogen-bond donors (Lipinski definition) is 2. The van der Waals surface area contributed by atoms with Crippen LogP contribution in [0.1, 0.15) is 29.0 Å². The molecule has 6 nitrogen and oxygen atoms in total. The zero-order chi connectivity index (χ0) is 13.6. The van der Waals surface area contributed by atoms with Crippen molar-refractivity contribution in [2.45, 2.75) is 32.6 Å². The lowest BCUT2D eigenvalue weighted by molar-refractivity contribution is 0.426. The van der Waals surface area contributed by atoms with Gasteiger partial charge in [-0.2, -0.15) is 0 Å². The molecule has 0 unspecified atom stereocenters. The molecular formula is C12H13N3O3S. The van der Waals surface area contributed by atoms with Gasteiger partial charge in [0.15, 0.2) is 0 Å². The highest BCUT2D eigenvalue weighted by molar-refractivity contribution is 7.14. The molecule has 2 aromatic heterocycles. The molecule has 19 heavy (non-hydrogen) atoms. The second kappa shape index (κ2) is 4.34. The minimum Gasteiger partial charge on any atom is -0.494 e. The first-order valence-corrected chi connectivity index (χ1v) is 6.93. The Morgan fingerprint density at radius 1 is 1.32 bits per heavy atom. The van der Waals surface area contributed by atoms with Crippen LogP contribution in [0.15, 0.2) is 9.59 Å². The molecule has 0 radical (unpaired) electrons. The standard InChI is InChI=1S/C12H13N3O3S/c1-6-9(16)14-11(18)15(10(6)17)12-13-7-4-2-3-5-8(7)19-12/h17H,2-5H2,1H3,(H,14,16,18). The Balaban J connectivity index is 2.22. The van der Waals surface area contributed by atoms with Crippen molar-refractivity contribution >= 4 is 11.3 Å². The Hall–Kier alpha value is -1.89. The fraction of sp³-hybridized carbons (Fsp3) is 0.417. The number of aromatic nitrogens is 3. The third-order valence-corrected chi connectivity index (χ3v) is 4.48. The van der Waals surface area contributed by atoms with Crippen LogP contribution >= 0.6 is 11.3 Å². The lowest BCUT2D eigenvalue weighted by Gasteiger charge is -2.06. The van der Waals surface area contributed by atoms with Crippen molar-refractivity contribution in [1.29, 1.82) is 0 Å². The monoisotopic (exact) mass is 279 g/mol. The van der Waals surface area contributed by atoms with E-state index in [-0.39, 0.29) is 11.4 Å². The highest BCUT2D eigenvalue weighted by Crippen LogP contribution is 2.29. The SMILES string of the molecule is Cc1c(O)n(-c2nc3c(s2)CCCC3)c(=O)[nH]c1=O. The van der Waals surface area contributed by atoms with Crippen molar-refractivity contribution in [1.82, 2.24) is 14.5 Å². The summed E-state index contributed by atoms with van der Waals surface area (Å²) in [5.74, 6) is -0.333. The van der Waals surface area contributed by atoms with Gasteiger partial charge in [-0.3, -0.25) is 9.78 Å². The van der Waals surface area contributed by atoms with E-state index in [2.05, 4.69) is 9.97 Å². The summed E-state index contributed by atoms with van der Waals surface area (Å²) in [6, 6.07) is 0. The molecule has 0 atom stereocenters. The predicted molar refractivity (Wildman–Crippen MR) is 71.4 cm³/mol. The van der Waals surface area contributed by atoms with Gasteiger partial charge in [0.1, 0.15) is 0 Å². The quantitative estimate of drug-likeness (QED) is 0.811. The molecule has 3 rings (SSSR count). The number of nitrogens with one attached hydrogen (secondary N) is 1. The van der Waals surface area contributed by atoms with Crippen molar-refractivity contribution in [2.75, 3.05) is 0 Å². The Bertz CT molecular complexity index is 733. The molecule has 100 valence electrons. The Kier molecular flexibility index (Phi) is 2.78. The molecule has 1 aliphatic rings. The lowest BCUT2D eigenvalue weighted by atomic mass is 10.0. The summed E-state index contributed by atoms with van der Waals surface area (Å²) < 4.78 is 1.07. The average molecular weight is 279 g/mol. The maximum atomic E-state index is 11.8. The summed E-state index contributed by atoms with van der Waals surface area (Å²) in [4.78, 5) is 31.0. The van der Waals surface area contributed by atoms with Crippen LogP contribution in [-0.2, 0) is 12.8 Å². The summed E-state index contributed by atoms with van der Waals surface area (Å²) in [6.45, 7) is 1.47. The molecule has 0 fully saturated rings. The van der Waals surface area contributed by atoms with Gasteiger partial charge in [0, 0.05) is 4.88 Å². The molecule has 0 aliphatic heterocycles. The van der Waals surface area contributed by atoms with Gasteiger partial charge in [0.2, 0.25) is 11.0 Å². The number of thiazole rings is 1.